The highest BCUT2D eigenvalue weighted by Gasteiger charge is 2.04. The number of unbranched alkanes of at least 4 members (excludes halogenated alkanes) is 1. The van der Waals surface area contributed by atoms with Gasteiger partial charge in [-0.1, -0.05) is 12.1 Å². The first-order valence-corrected chi connectivity index (χ1v) is 10.1. The molecule has 7 heteroatoms. The third-order valence-electron chi connectivity index (χ3n) is 4.56. The number of nitrogens with one attached hydrogen (secondary N) is 1. The highest BCUT2D eigenvalue weighted by molar-refractivity contribution is 5.67. The number of hydrogen-bond donors (Lipinski definition) is 3. The van der Waals surface area contributed by atoms with Gasteiger partial charge in [-0.25, -0.2) is 9.37 Å². The summed E-state index contributed by atoms with van der Waals surface area (Å²) in [6.07, 6.45) is 11.2. The molecule has 1 heterocycles. The van der Waals surface area contributed by atoms with E-state index in [1.807, 2.05) is 12.1 Å². The summed E-state index contributed by atoms with van der Waals surface area (Å²) in [4.78, 5) is 4.33. The Morgan fingerprint density at radius 1 is 1.10 bits per heavy atom. The van der Waals surface area contributed by atoms with E-state index in [-0.39, 0.29) is 6.61 Å². The topological polar surface area (TPSA) is 99.3 Å². The second kappa shape index (κ2) is 11.4. The van der Waals surface area contributed by atoms with E-state index in [0.717, 1.165) is 31.6 Å². The van der Waals surface area contributed by atoms with Gasteiger partial charge in [0.25, 0.3) is 0 Å². The van der Waals surface area contributed by atoms with E-state index in [1.54, 1.807) is 30.5 Å². The number of anilines is 1. The Bertz CT molecular complexity index is 1010. The van der Waals surface area contributed by atoms with Crippen LogP contribution < -0.4 is 21.5 Å². The van der Waals surface area contributed by atoms with Crippen molar-refractivity contribution in [2.75, 3.05) is 12.3 Å². The van der Waals surface area contributed by atoms with Gasteiger partial charge in [-0.2, -0.15) is 0 Å². The molecule has 3 rings (SSSR count). The quantitative estimate of drug-likeness (QED) is 0.311. The molecule has 3 aromatic rings. The largest absolute Gasteiger partial charge is 0.487 e. The fourth-order valence-corrected chi connectivity index (χ4v) is 2.92. The predicted molar refractivity (Wildman–Crippen MR) is 121 cm³/mol. The Morgan fingerprint density at radius 3 is 2.71 bits per heavy atom. The molecule has 0 amide bonds. The number of halogens is 1. The number of nitrogens with two attached hydrogens (primary N) is 2. The summed E-state index contributed by atoms with van der Waals surface area (Å²) in [7, 11) is 0. The summed E-state index contributed by atoms with van der Waals surface area (Å²) >= 11 is 0. The lowest BCUT2D eigenvalue weighted by molar-refractivity contribution is 0.301. The maximum atomic E-state index is 13.8. The number of aryl methyl sites for hydroxylation is 1. The van der Waals surface area contributed by atoms with E-state index >= 15 is 0 Å². The van der Waals surface area contributed by atoms with Crippen LogP contribution in [0.5, 0.6) is 5.75 Å². The summed E-state index contributed by atoms with van der Waals surface area (Å²) in [5.41, 5.74) is 13.5. The maximum Gasteiger partial charge on any atom is 0.218 e. The number of nitrogens with zero attached hydrogens (tertiary/aromatic N) is 1. The molecule has 0 aliphatic rings. The smallest absolute Gasteiger partial charge is 0.218 e. The zero-order valence-corrected chi connectivity index (χ0v) is 17.3. The van der Waals surface area contributed by atoms with E-state index in [4.69, 9.17) is 20.6 Å². The number of aromatic nitrogens is 1. The molecule has 0 fully saturated rings. The van der Waals surface area contributed by atoms with Crippen molar-refractivity contribution < 1.29 is 13.5 Å². The highest BCUT2D eigenvalue weighted by atomic mass is 19.1. The van der Waals surface area contributed by atoms with Gasteiger partial charge < -0.3 is 25.9 Å². The fraction of sp³-hybridized carbons (Fsp3) is 0.208. The van der Waals surface area contributed by atoms with Gasteiger partial charge in [0, 0.05) is 36.3 Å². The van der Waals surface area contributed by atoms with Gasteiger partial charge in [0.05, 0.1) is 0 Å². The molecule has 0 bridgehead atoms. The van der Waals surface area contributed by atoms with Crippen molar-refractivity contribution in [1.82, 2.24) is 10.3 Å². The minimum Gasteiger partial charge on any atom is -0.487 e. The van der Waals surface area contributed by atoms with Gasteiger partial charge in [-0.15, -0.1) is 0 Å². The van der Waals surface area contributed by atoms with Crippen LogP contribution in [-0.2, 0) is 13.0 Å². The number of ether oxygens (including phenoxy) is 1. The van der Waals surface area contributed by atoms with Crippen molar-refractivity contribution in [2.24, 2.45) is 5.73 Å². The molecule has 2 aromatic carbocycles. The van der Waals surface area contributed by atoms with Gasteiger partial charge in [-0.05, 0) is 61.2 Å². The van der Waals surface area contributed by atoms with Crippen LogP contribution in [-0.4, -0.2) is 11.5 Å². The Kier molecular flexibility index (Phi) is 8.11. The Hall–Kier alpha value is -3.74. The van der Waals surface area contributed by atoms with Crippen LogP contribution in [0.3, 0.4) is 0 Å². The molecule has 0 saturated heterocycles. The number of benzene rings is 2. The molecule has 0 unspecified atom stereocenters. The molecule has 0 aliphatic carbocycles. The standard InChI is InChI=1S/C24H27FN4O2/c25-23-15-20(27)8-6-19(23)7-11-24-29-21(17-31-24)16-30-22-9-4-18(5-10-22)3-1-2-13-28-14-12-26/h4-12,14-15,17,28H,1-3,13,16,26-27H2/b11-7+,14-12-. The molecule has 0 spiro atoms. The first-order valence-electron chi connectivity index (χ1n) is 10.1. The lowest BCUT2D eigenvalue weighted by Gasteiger charge is -2.06. The van der Waals surface area contributed by atoms with Crippen molar-refractivity contribution in [3.05, 3.63) is 89.7 Å². The molecule has 0 aliphatic heterocycles. The monoisotopic (exact) mass is 422 g/mol. The lowest BCUT2D eigenvalue weighted by atomic mass is 10.1. The number of rotatable bonds is 11. The molecule has 162 valence electrons. The summed E-state index contributed by atoms with van der Waals surface area (Å²) in [6.45, 7) is 1.20. The van der Waals surface area contributed by atoms with Crippen LogP contribution in [0.25, 0.3) is 12.2 Å². The summed E-state index contributed by atoms with van der Waals surface area (Å²) in [5.74, 6) is 0.749. The fourth-order valence-electron chi connectivity index (χ4n) is 2.92. The van der Waals surface area contributed by atoms with E-state index < -0.39 is 5.82 Å². The predicted octanol–water partition coefficient (Wildman–Crippen LogP) is 4.49. The van der Waals surface area contributed by atoms with Crippen molar-refractivity contribution in [2.45, 2.75) is 25.9 Å². The normalized spacial score (nSPS) is 11.4. The number of nitrogen functional groups attached to an aromatic ring is 1. The van der Waals surface area contributed by atoms with Crippen LogP contribution in [0, 0.1) is 5.82 Å². The van der Waals surface area contributed by atoms with Crippen LogP contribution in [0.2, 0.25) is 0 Å². The van der Waals surface area contributed by atoms with Crippen LogP contribution in [0.1, 0.15) is 35.6 Å². The van der Waals surface area contributed by atoms with Gasteiger partial charge in [0.1, 0.15) is 30.1 Å². The molecule has 1 aromatic heterocycles. The van der Waals surface area contributed by atoms with E-state index in [0.29, 0.717) is 22.8 Å². The van der Waals surface area contributed by atoms with Gasteiger partial charge in [0.2, 0.25) is 5.89 Å². The first kappa shape index (κ1) is 22.0. The molecular formula is C24H27FN4O2. The summed E-state index contributed by atoms with van der Waals surface area (Å²) in [6, 6.07) is 12.6. The molecule has 0 radical (unpaired) electrons. The minimum absolute atomic E-state index is 0.285. The van der Waals surface area contributed by atoms with Crippen LogP contribution >= 0.6 is 0 Å². The molecule has 5 N–H and O–H groups in total. The maximum absolute atomic E-state index is 13.8. The number of oxazole rings is 1. The lowest BCUT2D eigenvalue weighted by Crippen LogP contribution is -2.07. The second-order valence-electron chi connectivity index (χ2n) is 6.99. The van der Waals surface area contributed by atoms with Gasteiger partial charge >= 0.3 is 0 Å². The molecule has 31 heavy (non-hydrogen) atoms. The van der Waals surface area contributed by atoms with E-state index in [9.17, 15) is 4.39 Å². The van der Waals surface area contributed by atoms with Crippen LogP contribution in [0.4, 0.5) is 10.1 Å². The summed E-state index contributed by atoms with van der Waals surface area (Å²) in [5, 5.41) is 3.12. The van der Waals surface area contributed by atoms with Crippen molar-refractivity contribution in [3.8, 4) is 5.75 Å². The summed E-state index contributed by atoms with van der Waals surface area (Å²) < 4.78 is 25.0. The van der Waals surface area contributed by atoms with Gasteiger partial charge in [-0.3, -0.25) is 0 Å². The highest BCUT2D eigenvalue weighted by Crippen LogP contribution is 2.17. The third-order valence-corrected chi connectivity index (χ3v) is 4.56. The molecular weight excluding hydrogens is 395 g/mol. The van der Waals surface area contributed by atoms with Crippen molar-refractivity contribution in [1.29, 1.82) is 0 Å². The number of hydrogen-bond acceptors (Lipinski definition) is 6. The van der Waals surface area contributed by atoms with Gasteiger partial charge in [0.15, 0.2) is 0 Å². The second-order valence-corrected chi connectivity index (χ2v) is 6.99. The zero-order valence-electron chi connectivity index (χ0n) is 17.3. The van der Waals surface area contributed by atoms with Crippen molar-refractivity contribution in [3.63, 3.8) is 0 Å². The Balaban J connectivity index is 1.44. The SMILES string of the molecule is N/C=C\NCCCCc1ccc(OCc2coc(/C=C/c3ccc(N)cc3F)n2)cc1. The minimum atomic E-state index is -0.393. The van der Waals surface area contributed by atoms with E-state index in [1.165, 1.54) is 24.1 Å². The average molecular weight is 423 g/mol. The molecule has 6 nitrogen and oxygen atoms in total. The first-order chi connectivity index (χ1) is 15.1. The average Bonchev–Trinajstić information content (AvgIpc) is 3.23. The zero-order chi connectivity index (χ0) is 21.9. The third kappa shape index (κ3) is 7.22. The Morgan fingerprint density at radius 2 is 1.94 bits per heavy atom. The Labute approximate surface area is 181 Å². The molecule has 0 atom stereocenters. The van der Waals surface area contributed by atoms with Crippen LogP contribution in [0.15, 0.2) is 65.5 Å². The van der Waals surface area contributed by atoms with E-state index in [2.05, 4.69) is 22.4 Å². The van der Waals surface area contributed by atoms with Crippen molar-refractivity contribution >= 4 is 17.8 Å². The molecule has 0 saturated carbocycles.